The number of benzene rings is 1. The van der Waals surface area contributed by atoms with Crippen LogP contribution in [0.25, 0.3) is 17.2 Å². The maximum atomic E-state index is 12.1. The topological polar surface area (TPSA) is 116 Å². The number of ether oxygens (including phenoxy) is 1. The second kappa shape index (κ2) is 7.81. The summed E-state index contributed by atoms with van der Waals surface area (Å²) in [6.07, 6.45) is 3.91. The number of hydrogen-bond acceptors (Lipinski definition) is 6. The van der Waals surface area contributed by atoms with Crippen molar-refractivity contribution in [1.82, 2.24) is 9.88 Å². The van der Waals surface area contributed by atoms with Gasteiger partial charge in [0.05, 0.1) is 5.92 Å². The van der Waals surface area contributed by atoms with Gasteiger partial charge in [0.25, 0.3) is 5.91 Å². The van der Waals surface area contributed by atoms with Crippen LogP contribution in [0.3, 0.4) is 0 Å². The van der Waals surface area contributed by atoms with Crippen molar-refractivity contribution in [2.75, 3.05) is 19.7 Å². The molecule has 1 aliphatic rings. The van der Waals surface area contributed by atoms with E-state index >= 15 is 0 Å². The van der Waals surface area contributed by atoms with Crippen molar-refractivity contribution >= 4 is 35.0 Å². The Kier molecular flexibility index (Phi) is 5.31. The van der Waals surface area contributed by atoms with Crippen molar-refractivity contribution in [2.45, 2.75) is 12.8 Å². The number of aromatic nitrogens is 1. The molecule has 0 unspecified atom stereocenters. The van der Waals surface area contributed by atoms with Crippen molar-refractivity contribution in [3.05, 3.63) is 36.2 Å². The fourth-order valence-corrected chi connectivity index (χ4v) is 2.81. The van der Waals surface area contributed by atoms with E-state index in [2.05, 4.69) is 4.98 Å². The van der Waals surface area contributed by atoms with Gasteiger partial charge in [-0.15, -0.1) is 0 Å². The molecule has 2 N–H and O–H groups in total. The highest BCUT2D eigenvalue weighted by Crippen LogP contribution is 2.17. The first-order valence-corrected chi connectivity index (χ1v) is 8.30. The number of esters is 1. The van der Waals surface area contributed by atoms with Gasteiger partial charge in [-0.2, -0.15) is 0 Å². The van der Waals surface area contributed by atoms with Gasteiger partial charge in [-0.05, 0) is 25.0 Å². The molecule has 1 aliphatic heterocycles. The molecule has 1 atom stereocenters. The predicted octanol–water partition coefficient (Wildman–Crippen LogP) is 1.11. The summed E-state index contributed by atoms with van der Waals surface area (Å²) in [4.78, 5) is 40.8. The number of nitrogens with zero attached hydrogens (tertiary/aromatic N) is 2. The van der Waals surface area contributed by atoms with E-state index in [0.717, 1.165) is 6.08 Å². The molecule has 2 heterocycles. The van der Waals surface area contributed by atoms with Crippen molar-refractivity contribution in [3.8, 4) is 0 Å². The van der Waals surface area contributed by atoms with Gasteiger partial charge >= 0.3 is 5.97 Å². The SMILES string of the molecule is NC(=O)[C@H]1CCCN(C(=O)COC(=O)/C=C/c2nc3ccccc3o2)C1. The van der Waals surface area contributed by atoms with Crippen LogP contribution in [0, 0.1) is 5.92 Å². The maximum absolute atomic E-state index is 12.1. The van der Waals surface area contributed by atoms with Crippen molar-refractivity contribution in [1.29, 1.82) is 0 Å². The lowest BCUT2D eigenvalue weighted by Crippen LogP contribution is -2.45. The fourth-order valence-electron chi connectivity index (χ4n) is 2.81. The Bertz CT molecular complexity index is 824. The van der Waals surface area contributed by atoms with Crippen LogP contribution in [0.2, 0.25) is 0 Å². The molecule has 1 aromatic carbocycles. The molecule has 2 aromatic rings. The van der Waals surface area contributed by atoms with E-state index in [0.29, 0.717) is 30.5 Å². The van der Waals surface area contributed by atoms with E-state index in [1.54, 1.807) is 12.1 Å². The summed E-state index contributed by atoms with van der Waals surface area (Å²) in [6.45, 7) is 0.408. The third kappa shape index (κ3) is 4.27. The van der Waals surface area contributed by atoms with Crippen LogP contribution in [0.15, 0.2) is 34.8 Å². The number of rotatable bonds is 5. The Morgan fingerprint density at radius 2 is 2.15 bits per heavy atom. The minimum Gasteiger partial charge on any atom is -0.452 e. The summed E-state index contributed by atoms with van der Waals surface area (Å²) in [5.41, 5.74) is 6.59. The Labute approximate surface area is 149 Å². The van der Waals surface area contributed by atoms with Crippen LogP contribution in [0.4, 0.5) is 0 Å². The molecular weight excluding hydrogens is 338 g/mol. The van der Waals surface area contributed by atoms with Crippen LogP contribution < -0.4 is 5.73 Å². The van der Waals surface area contributed by atoms with Gasteiger partial charge in [0.1, 0.15) is 5.52 Å². The number of hydrogen-bond donors (Lipinski definition) is 1. The van der Waals surface area contributed by atoms with E-state index in [9.17, 15) is 14.4 Å². The monoisotopic (exact) mass is 357 g/mol. The first-order valence-electron chi connectivity index (χ1n) is 8.30. The first kappa shape index (κ1) is 17.7. The summed E-state index contributed by atoms with van der Waals surface area (Å²) < 4.78 is 10.4. The number of carbonyl (C=O) groups is 3. The molecule has 0 bridgehead atoms. The zero-order valence-electron chi connectivity index (χ0n) is 14.1. The van der Waals surface area contributed by atoms with Gasteiger partial charge in [0.15, 0.2) is 12.2 Å². The molecule has 2 amide bonds. The largest absolute Gasteiger partial charge is 0.452 e. The van der Waals surface area contributed by atoms with Crippen LogP contribution in [0.1, 0.15) is 18.7 Å². The summed E-state index contributed by atoms with van der Waals surface area (Å²) in [6, 6.07) is 7.23. The number of likely N-dealkylation sites (tertiary alicyclic amines) is 1. The third-order valence-electron chi connectivity index (χ3n) is 4.19. The van der Waals surface area contributed by atoms with Crippen LogP contribution in [0.5, 0.6) is 0 Å². The maximum Gasteiger partial charge on any atom is 0.331 e. The number of amides is 2. The number of fused-ring (bicyclic) bond motifs is 1. The molecule has 1 fully saturated rings. The second-order valence-corrected chi connectivity index (χ2v) is 6.04. The molecule has 1 aromatic heterocycles. The average Bonchev–Trinajstić information content (AvgIpc) is 3.07. The predicted molar refractivity (Wildman–Crippen MR) is 92.5 cm³/mol. The van der Waals surface area contributed by atoms with E-state index in [4.69, 9.17) is 14.9 Å². The number of para-hydroxylation sites is 2. The number of piperidine rings is 1. The summed E-state index contributed by atoms with van der Waals surface area (Å²) in [7, 11) is 0. The fraction of sp³-hybridized carbons (Fsp3) is 0.333. The zero-order valence-corrected chi connectivity index (χ0v) is 14.1. The van der Waals surface area contributed by atoms with Crippen molar-refractivity contribution < 1.29 is 23.5 Å². The smallest absolute Gasteiger partial charge is 0.331 e. The lowest BCUT2D eigenvalue weighted by atomic mass is 9.97. The number of oxazole rings is 1. The lowest BCUT2D eigenvalue weighted by Gasteiger charge is -2.30. The van der Waals surface area contributed by atoms with Gasteiger partial charge in [-0.1, -0.05) is 12.1 Å². The Morgan fingerprint density at radius 1 is 1.35 bits per heavy atom. The highest BCUT2D eigenvalue weighted by Gasteiger charge is 2.27. The Hall–Kier alpha value is -3.16. The van der Waals surface area contributed by atoms with Crippen molar-refractivity contribution in [3.63, 3.8) is 0 Å². The first-order chi connectivity index (χ1) is 12.5. The molecule has 0 radical (unpaired) electrons. The second-order valence-electron chi connectivity index (χ2n) is 6.04. The minimum absolute atomic E-state index is 0.268. The van der Waals surface area contributed by atoms with Crippen LogP contribution >= 0.6 is 0 Å². The number of nitrogens with two attached hydrogens (primary N) is 1. The van der Waals surface area contributed by atoms with Crippen molar-refractivity contribution in [2.24, 2.45) is 11.7 Å². The molecule has 8 heteroatoms. The van der Waals surface area contributed by atoms with Crippen LogP contribution in [-0.4, -0.2) is 47.4 Å². The van der Waals surface area contributed by atoms with Gasteiger partial charge < -0.3 is 19.8 Å². The normalized spacial score (nSPS) is 17.5. The molecule has 0 saturated carbocycles. The van der Waals surface area contributed by atoms with E-state index < -0.39 is 11.9 Å². The summed E-state index contributed by atoms with van der Waals surface area (Å²) in [5, 5.41) is 0. The Balaban J connectivity index is 1.50. The molecule has 8 nitrogen and oxygen atoms in total. The Morgan fingerprint density at radius 3 is 2.92 bits per heavy atom. The molecule has 0 aliphatic carbocycles. The van der Waals surface area contributed by atoms with E-state index in [1.165, 1.54) is 11.0 Å². The lowest BCUT2D eigenvalue weighted by molar-refractivity contribution is -0.149. The molecule has 3 rings (SSSR count). The third-order valence-corrected chi connectivity index (χ3v) is 4.19. The van der Waals surface area contributed by atoms with Crippen LogP contribution in [-0.2, 0) is 19.1 Å². The zero-order chi connectivity index (χ0) is 18.5. The van der Waals surface area contributed by atoms with Gasteiger partial charge in [-0.25, -0.2) is 9.78 Å². The van der Waals surface area contributed by atoms with E-state index in [-0.39, 0.29) is 30.9 Å². The molecular formula is C18H19N3O5. The van der Waals surface area contributed by atoms with Gasteiger partial charge in [-0.3, -0.25) is 9.59 Å². The highest BCUT2D eigenvalue weighted by molar-refractivity contribution is 5.89. The number of primary amides is 1. The van der Waals surface area contributed by atoms with Gasteiger partial charge in [0, 0.05) is 25.2 Å². The molecule has 0 spiro atoms. The molecule has 1 saturated heterocycles. The number of carbonyl (C=O) groups excluding carboxylic acids is 3. The standard InChI is InChI=1S/C18H19N3O5/c19-18(24)12-4-3-9-21(10-12)16(22)11-25-17(23)8-7-15-20-13-5-1-2-6-14(13)26-15/h1-2,5-8,12H,3-4,9-11H2,(H2,19,24)/b8-7+/t12-/m0/s1. The molecule has 136 valence electrons. The van der Waals surface area contributed by atoms with E-state index in [1.807, 2.05) is 12.1 Å². The summed E-state index contributed by atoms with van der Waals surface area (Å²) >= 11 is 0. The molecule has 26 heavy (non-hydrogen) atoms. The minimum atomic E-state index is -0.677. The summed E-state index contributed by atoms with van der Waals surface area (Å²) in [5.74, 6) is -1.51. The average molecular weight is 357 g/mol. The quantitative estimate of drug-likeness (QED) is 0.633. The highest BCUT2D eigenvalue weighted by atomic mass is 16.5. The van der Waals surface area contributed by atoms with Gasteiger partial charge in [0.2, 0.25) is 11.8 Å².